The molecular weight excluding hydrogens is 426 g/mol. The van der Waals surface area contributed by atoms with Gasteiger partial charge < -0.3 is 15.0 Å². The Labute approximate surface area is 191 Å². The Kier molecular flexibility index (Phi) is 6.82. The highest BCUT2D eigenvalue weighted by atomic mass is 35.5. The molecular formula is C25H22ClN3O3. The van der Waals surface area contributed by atoms with Gasteiger partial charge in [-0.25, -0.2) is 4.79 Å². The number of aryl methyl sites for hydroxylation is 2. The third-order valence-corrected chi connectivity index (χ3v) is 5.55. The van der Waals surface area contributed by atoms with Crippen LogP contribution in [0.1, 0.15) is 39.8 Å². The molecule has 32 heavy (non-hydrogen) atoms. The first-order valence-electron chi connectivity index (χ1n) is 10.00. The van der Waals surface area contributed by atoms with E-state index < -0.39 is 11.9 Å². The minimum atomic E-state index is -1.12. The molecule has 0 bridgehead atoms. The van der Waals surface area contributed by atoms with E-state index in [2.05, 4.69) is 5.32 Å². The Morgan fingerprint density at radius 3 is 2.56 bits per heavy atom. The number of carboxylic acids is 1. The Bertz CT molecular complexity index is 1280. The van der Waals surface area contributed by atoms with Crippen molar-refractivity contribution in [3.8, 4) is 11.8 Å². The van der Waals surface area contributed by atoms with Gasteiger partial charge in [-0.15, -0.1) is 0 Å². The number of para-hydroxylation sites is 1. The highest BCUT2D eigenvalue weighted by molar-refractivity contribution is 6.33. The number of nitriles is 1. The average Bonchev–Trinajstić information content (AvgIpc) is 3.05. The van der Waals surface area contributed by atoms with Gasteiger partial charge in [0.2, 0.25) is 0 Å². The average molecular weight is 448 g/mol. The lowest BCUT2D eigenvalue weighted by molar-refractivity contribution is -0.112. The summed E-state index contributed by atoms with van der Waals surface area (Å²) < 4.78 is 1.86. The molecule has 0 fully saturated rings. The maximum Gasteiger partial charge on any atom is 0.337 e. The van der Waals surface area contributed by atoms with E-state index in [1.807, 2.05) is 55.7 Å². The van der Waals surface area contributed by atoms with E-state index in [1.165, 1.54) is 18.2 Å². The molecule has 1 aromatic heterocycles. The zero-order valence-corrected chi connectivity index (χ0v) is 18.7. The standard InChI is InChI=1S/C25H22ClN3O3/c1-4-17-7-5-6-8-23(17)28-24(30)19(14-27)12-18-11-15(2)29(16(18)3)20-9-10-22(26)21(13-20)25(31)32/h5-13H,4H2,1-3H3,(H,28,30)(H,31,32)/b19-12-. The first-order valence-corrected chi connectivity index (χ1v) is 10.4. The van der Waals surface area contributed by atoms with E-state index >= 15 is 0 Å². The predicted molar refractivity (Wildman–Crippen MR) is 125 cm³/mol. The summed E-state index contributed by atoms with van der Waals surface area (Å²) in [6, 6.07) is 16.0. The normalized spacial score (nSPS) is 11.2. The molecule has 1 amide bonds. The smallest absolute Gasteiger partial charge is 0.337 e. The van der Waals surface area contributed by atoms with Gasteiger partial charge in [-0.3, -0.25) is 4.79 Å². The van der Waals surface area contributed by atoms with Crippen molar-refractivity contribution >= 4 is 35.2 Å². The third-order valence-electron chi connectivity index (χ3n) is 5.22. The van der Waals surface area contributed by atoms with Gasteiger partial charge in [-0.05, 0) is 67.8 Å². The number of benzene rings is 2. The van der Waals surface area contributed by atoms with Gasteiger partial charge in [0, 0.05) is 22.8 Å². The number of rotatable bonds is 6. The van der Waals surface area contributed by atoms with Crippen LogP contribution in [0.5, 0.6) is 0 Å². The van der Waals surface area contributed by atoms with Crippen molar-refractivity contribution in [3.05, 3.63) is 87.2 Å². The largest absolute Gasteiger partial charge is 0.478 e. The molecule has 0 radical (unpaired) electrons. The topological polar surface area (TPSA) is 95.1 Å². The van der Waals surface area contributed by atoms with Crippen molar-refractivity contribution in [1.82, 2.24) is 4.57 Å². The molecule has 2 aromatic carbocycles. The van der Waals surface area contributed by atoms with Crippen molar-refractivity contribution in [3.63, 3.8) is 0 Å². The number of hydrogen-bond acceptors (Lipinski definition) is 3. The summed E-state index contributed by atoms with van der Waals surface area (Å²) in [5.41, 5.74) is 4.52. The number of carbonyl (C=O) groups is 2. The van der Waals surface area contributed by atoms with E-state index in [4.69, 9.17) is 11.6 Å². The van der Waals surface area contributed by atoms with E-state index in [-0.39, 0.29) is 16.2 Å². The number of nitrogens with zero attached hydrogens (tertiary/aromatic N) is 2. The summed E-state index contributed by atoms with van der Waals surface area (Å²) in [5, 5.41) is 21.9. The lowest BCUT2D eigenvalue weighted by Crippen LogP contribution is -2.14. The molecule has 162 valence electrons. The molecule has 0 saturated carbocycles. The zero-order chi connectivity index (χ0) is 23.4. The molecule has 0 saturated heterocycles. The number of nitrogens with one attached hydrogen (secondary N) is 1. The summed E-state index contributed by atoms with van der Waals surface area (Å²) in [4.78, 5) is 24.2. The fourth-order valence-corrected chi connectivity index (χ4v) is 3.79. The number of amides is 1. The Balaban J connectivity index is 1.98. The first-order chi connectivity index (χ1) is 15.3. The molecule has 7 heteroatoms. The molecule has 0 aliphatic heterocycles. The number of hydrogen-bond donors (Lipinski definition) is 2. The summed E-state index contributed by atoms with van der Waals surface area (Å²) in [5.74, 6) is -1.60. The van der Waals surface area contributed by atoms with Crippen LogP contribution in [0.25, 0.3) is 11.8 Å². The maximum atomic E-state index is 12.8. The van der Waals surface area contributed by atoms with Crippen molar-refractivity contribution in [1.29, 1.82) is 5.26 Å². The fourth-order valence-electron chi connectivity index (χ4n) is 3.59. The number of carbonyl (C=O) groups excluding carboxylic acids is 1. The molecule has 2 N–H and O–H groups in total. The molecule has 3 rings (SSSR count). The molecule has 0 unspecified atom stereocenters. The summed E-state index contributed by atoms with van der Waals surface area (Å²) in [7, 11) is 0. The first kappa shape index (κ1) is 22.9. The number of halogens is 1. The van der Waals surface area contributed by atoms with Crippen molar-refractivity contribution < 1.29 is 14.7 Å². The number of aromatic carboxylic acids is 1. The summed E-state index contributed by atoms with van der Waals surface area (Å²) in [6.07, 6.45) is 2.29. The van der Waals surface area contributed by atoms with Gasteiger partial charge in [-0.2, -0.15) is 5.26 Å². The molecule has 0 aliphatic rings. The highest BCUT2D eigenvalue weighted by Gasteiger charge is 2.16. The molecule has 6 nitrogen and oxygen atoms in total. The minimum absolute atomic E-state index is 0.000407. The second-order valence-electron chi connectivity index (χ2n) is 7.27. The Morgan fingerprint density at radius 1 is 1.19 bits per heavy atom. The van der Waals surface area contributed by atoms with Crippen LogP contribution < -0.4 is 5.32 Å². The van der Waals surface area contributed by atoms with Gasteiger partial charge in [0.25, 0.3) is 5.91 Å². The van der Waals surface area contributed by atoms with Gasteiger partial charge in [0.05, 0.1) is 10.6 Å². The predicted octanol–water partition coefficient (Wildman–Crippen LogP) is 5.55. The van der Waals surface area contributed by atoms with E-state index in [1.54, 1.807) is 12.1 Å². The van der Waals surface area contributed by atoms with Crippen LogP contribution in [0, 0.1) is 25.2 Å². The van der Waals surface area contributed by atoms with E-state index in [0.717, 1.165) is 23.4 Å². The highest BCUT2D eigenvalue weighted by Crippen LogP contribution is 2.26. The van der Waals surface area contributed by atoms with Crippen LogP contribution in [0.2, 0.25) is 5.02 Å². The van der Waals surface area contributed by atoms with Crippen molar-refractivity contribution in [2.24, 2.45) is 0 Å². The third kappa shape index (κ3) is 4.58. The van der Waals surface area contributed by atoms with Crippen LogP contribution >= 0.6 is 11.6 Å². The lowest BCUT2D eigenvalue weighted by atomic mass is 10.1. The van der Waals surface area contributed by atoms with Crippen LogP contribution in [-0.2, 0) is 11.2 Å². The number of anilines is 1. The van der Waals surface area contributed by atoms with Gasteiger partial charge in [-0.1, -0.05) is 36.7 Å². The molecule has 0 aliphatic carbocycles. The van der Waals surface area contributed by atoms with Gasteiger partial charge in [0.15, 0.2) is 0 Å². The van der Waals surface area contributed by atoms with Crippen LogP contribution in [0.15, 0.2) is 54.1 Å². The SMILES string of the molecule is CCc1ccccc1NC(=O)/C(C#N)=C\c1cc(C)n(-c2ccc(Cl)c(C(=O)O)c2)c1C. The maximum absolute atomic E-state index is 12.8. The Morgan fingerprint density at radius 2 is 1.91 bits per heavy atom. The molecule has 3 aromatic rings. The van der Waals surface area contributed by atoms with Crippen LogP contribution in [0.4, 0.5) is 5.69 Å². The Hall–Kier alpha value is -3.82. The molecule has 0 spiro atoms. The van der Waals surface area contributed by atoms with E-state index in [0.29, 0.717) is 16.9 Å². The van der Waals surface area contributed by atoms with Gasteiger partial charge >= 0.3 is 5.97 Å². The number of aromatic nitrogens is 1. The molecule has 1 heterocycles. The molecule has 0 atom stereocenters. The van der Waals surface area contributed by atoms with E-state index in [9.17, 15) is 20.0 Å². The van der Waals surface area contributed by atoms with Crippen LogP contribution in [-0.4, -0.2) is 21.6 Å². The van der Waals surface area contributed by atoms with Gasteiger partial charge in [0.1, 0.15) is 11.6 Å². The zero-order valence-electron chi connectivity index (χ0n) is 17.9. The van der Waals surface area contributed by atoms with Crippen LogP contribution in [0.3, 0.4) is 0 Å². The summed E-state index contributed by atoms with van der Waals surface area (Å²) in [6.45, 7) is 5.70. The second-order valence-corrected chi connectivity index (χ2v) is 7.67. The minimum Gasteiger partial charge on any atom is -0.478 e. The monoisotopic (exact) mass is 447 g/mol. The fraction of sp³-hybridized carbons (Fsp3) is 0.160. The summed E-state index contributed by atoms with van der Waals surface area (Å²) >= 11 is 5.99. The number of carboxylic acid groups (broad SMARTS) is 1. The van der Waals surface area contributed by atoms with Crippen molar-refractivity contribution in [2.45, 2.75) is 27.2 Å². The quantitative estimate of drug-likeness (QED) is 0.382. The van der Waals surface area contributed by atoms with Crippen molar-refractivity contribution in [2.75, 3.05) is 5.32 Å². The lowest BCUT2D eigenvalue weighted by Gasteiger charge is -2.11. The second kappa shape index (κ2) is 9.54.